The minimum absolute atomic E-state index is 0.662. The smallest absolute Gasteiger partial charge is 0.117 e. The SMILES string of the molecule is C[C@H]1C[C@@H]1c1ccc(CNCc2ccccn2)o1. The maximum Gasteiger partial charge on any atom is 0.117 e. The van der Waals surface area contributed by atoms with E-state index in [4.69, 9.17) is 4.42 Å². The fourth-order valence-corrected chi connectivity index (χ4v) is 2.22. The van der Waals surface area contributed by atoms with Crippen LogP contribution in [0.25, 0.3) is 0 Å². The van der Waals surface area contributed by atoms with Crippen LogP contribution in [0.5, 0.6) is 0 Å². The summed E-state index contributed by atoms with van der Waals surface area (Å²) in [6.45, 7) is 3.81. The number of hydrogen-bond donors (Lipinski definition) is 1. The molecule has 18 heavy (non-hydrogen) atoms. The molecule has 0 radical (unpaired) electrons. The summed E-state index contributed by atoms with van der Waals surface area (Å²) in [5.41, 5.74) is 1.06. The van der Waals surface area contributed by atoms with Crippen LogP contribution in [0.1, 0.15) is 36.5 Å². The van der Waals surface area contributed by atoms with Crippen molar-refractivity contribution < 1.29 is 4.42 Å². The van der Waals surface area contributed by atoms with Gasteiger partial charge in [0.1, 0.15) is 11.5 Å². The number of nitrogens with zero attached hydrogens (tertiary/aromatic N) is 1. The van der Waals surface area contributed by atoms with Gasteiger partial charge in [-0.3, -0.25) is 4.98 Å². The van der Waals surface area contributed by atoms with Crippen molar-refractivity contribution in [2.75, 3.05) is 0 Å². The van der Waals surface area contributed by atoms with Crippen molar-refractivity contribution in [3.05, 3.63) is 53.7 Å². The highest BCUT2D eigenvalue weighted by atomic mass is 16.3. The Labute approximate surface area is 107 Å². The number of nitrogens with one attached hydrogen (secondary N) is 1. The molecular formula is C15H18N2O. The molecule has 2 aromatic heterocycles. The number of hydrogen-bond acceptors (Lipinski definition) is 3. The zero-order chi connectivity index (χ0) is 12.4. The first kappa shape index (κ1) is 11.5. The van der Waals surface area contributed by atoms with Crippen molar-refractivity contribution in [2.24, 2.45) is 5.92 Å². The molecule has 1 N–H and O–H groups in total. The van der Waals surface area contributed by atoms with Crippen LogP contribution in [0.2, 0.25) is 0 Å². The third-order valence-corrected chi connectivity index (χ3v) is 3.49. The van der Waals surface area contributed by atoms with Gasteiger partial charge in [0.15, 0.2) is 0 Å². The summed E-state index contributed by atoms with van der Waals surface area (Å²) in [7, 11) is 0. The first-order chi connectivity index (χ1) is 8.83. The van der Waals surface area contributed by atoms with Gasteiger partial charge < -0.3 is 9.73 Å². The minimum Gasteiger partial charge on any atom is -0.464 e. The predicted octanol–water partition coefficient (Wildman–Crippen LogP) is 3.09. The number of aromatic nitrogens is 1. The van der Waals surface area contributed by atoms with Gasteiger partial charge in [-0.2, -0.15) is 0 Å². The highest BCUT2D eigenvalue weighted by molar-refractivity contribution is 5.17. The van der Waals surface area contributed by atoms with Crippen LogP contribution in [-0.2, 0) is 13.1 Å². The monoisotopic (exact) mass is 242 g/mol. The van der Waals surface area contributed by atoms with E-state index in [0.29, 0.717) is 5.92 Å². The quantitative estimate of drug-likeness (QED) is 0.875. The normalized spacial score (nSPS) is 22.1. The topological polar surface area (TPSA) is 38.1 Å². The van der Waals surface area contributed by atoms with E-state index in [0.717, 1.165) is 36.2 Å². The van der Waals surface area contributed by atoms with Gasteiger partial charge in [0, 0.05) is 18.7 Å². The van der Waals surface area contributed by atoms with E-state index >= 15 is 0 Å². The molecule has 0 saturated heterocycles. The molecule has 3 nitrogen and oxygen atoms in total. The number of furan rings is 1. The summed E-state index contributed by atoms with van der Waals surface area (Å²) in [5, 5.41) is 3.35. The van der Waals surface area contributed by atoms with Crippen LogP contribution in [0.3, 0.4) is 0 Å². The second-order valence-corrected chi connectivity index (χ2v) is 5.05. The van der Waals surface area contributed by atoms with Gasteiger partial charge >= 0.3 is 0 Å². The number of pyridine rings is 1. The van der Waals surface area contributed by atoms with Crippen molar-refractivity contribution in [1.82, 2.24) is 10.3 Å². The lowest BCUT2D eigenvalue weighted by Crippen LogP contribution is -2.12. The summed E-state index contributed by atoms with van der Waals surface area (Å²) in [4.78, 5) is 4.27. The molecule has 2 atom stereocenters. The van der Waals surface area contributed by atoms with E-state index in [2.05, 4.69) is 29.4 Å². The molecule has 2 heterocycles. The van der Waals surface area contributed by atoms with Gasteiger partial charge in [0.05, 0.1) is 12.2 Å². The molecule has 0 aromatic carbocycles. The van der Waals surface area contributed by atoms with Crippen LogP contribution < -0.4 is 5.32 Å². The van der Waals surface area contributed by atoms with E-state index in [1.807, 2.05) is 24.4 Å². The molecular weight excluding hydrogens is 224 g/mol. The summed E-state index contributed by atoms with van der Waals surface area (Å²) >= 11 is 0. The Morgan fingerprint density at radius 2 is 2.17 bits per heavy atom. The lowest BCUT2D eigenvalue weighted by atomic mass is 10.3. The van der Waals surface area contributed by atoms with E-state index in [-0.39, 0.29) is 0 Å². The molecule has 1 aliphatic rings. The van der Waals surface area contributed by atoms with E-state index < -0.39 is 0 Å². The van der Waals surface area contributed by atoms with E-state index in [1.165, 1.54) is 6.42 Å². The van der Waals surface area contributed by atoms with Crippen molar-refractivity contribution in [2.45, 2.75) is 32.4 Å². The summed E-state index contributed by atoms with van der Waals surface area (Å²) < 4.78 is 5.83. The number of rotatable bonds is 5. The lowest BCUT2D eigenvalue weighted by molar-refractivity contribution is 0.443. The Balaban J connectivity index is 1.50. The minimum atomic E-state index is 0.662. The van der Waals surface area contributed by atoms with Crippen LogP contribution >= 0.6 is 0 Å². The zero-order valence-corrected chi connectivity index (χ0v) is 10.6. The molecule has 1 saturated carbocycles. The first-order valence-electron chi connectivity index (χ1n) is 6.52. The molecule has 0 bridgehead atoms. The zero-order valence-electron chi connectivity index (χ0n) is 10.6. The Hall–Kier alpha value is -1.61. The summed E-state index contributed by atoms with van der Waals surface area (Å²) in [5.74, 6) is 3.62. The molecule has 3 heteroatoms. The van der Waals surface area contributed by atoms with Crippen LogP contribution in [0.15, 0.2) is 40.9 Å². The molecule has 0 amide bonds. The average molecular weight is 242 g/mol. The van der Waals surface area contributed by atoms with Crippen LogP contribution in [-0.4, -0.2) is 4.98 Å². The Bertz CT molecular complexity index is 506. The molecule has 3 rings (SSSR count). The van der Waals surface area contributed by atoms with Gasteiger partial charge in [-0.15, -0.1) is 0 Å². The molecule has 1 fully saturated rings. The third kappa shape index (κ3) is 2.62. The molecule has 2 aromatic rings. The largest absolute Gasteiger partial charge is 0.464 e. The summed E-state index contributed by atoms with van der Waals surface area (Å²) in [6, 6.07) is 10.1. The molecule has 0 spiro atoms. The van der Waals surface area contributed by atoms with Gasteiger partial charge in [-0.25, -0.2) is 0 Å². The van der Waals surface area contributed by atoms with Gasteiger partial charge in [-0.05, 0) is 36.6 Å². The van der Waals surface area contributed by atoms with Crippen LogP contribution in [0.4, 0.5) is 0 Å². The highest BCUT2D eigenvalue weighted by Gasteiger charge is 2.36. The Morgan fingerprint density at radius 1 is 1.28 bits per heavy atom. The van der Waals surface area contributed by atoms with Crippen LogP contribution in [0, 0.1) is 5.92 Å². The predicted molar refractivity (Wildman–Crippen MR) is 70.0 cm³/mol. The van der Waals surface area contributed by atoms with Crippen molar-refractivity contribution >= 4 is 0 Å². The van der Waals surface area contributed by atoms with Crippen molar-refractivity contribution in [3.8, 4) is 0 Å². The van der Waals surface area contributed by atoms with Crippen molar-refractivity contribution in [3.63, 3.8) is 0 Å². The maximum absolute atomic E-state index is 5.83. The lowest BCUT2D eigenvalue weighted by Gasteiger charge is -2.01. The second-order valence-electron chi connectivity index (χ2n) is 5.05. The summed E-state index contributed by atoms with van der Waals surface area (Å²) in [6.07, 6.45) is 3.09. The fraction of sp³-hybridized carbons (Fsp3) is 0.400. The fourth-order valence-electron chi connectivity index (χ4n) is 2.22. The standard InChI is InChI=1S/C15H18N2O/c1-11-8-14(11)15-6-5-13(18-15)10-16-9-12-4-2-3-7-17-12/h2-7,11,14,16H,8-10H2,1H3/t11-,14-/m0/s1. The van der Waals surface area contributed by atoms with Gasteiger partial charge in [0.25, 0.3) is 0 Å². The third-order valence-electron chi connectivity index (χ3n) is 3.49. The van der Waals surface area contributed by atoms with Gasteiger partial charge in [-0.1, -0.05) is 13.0 Å². The first-order valence-corrected chi connectivity index (χ1v) is 6.52. The second kappa shape index (κ2) is 4.94. The van der Waals surface area contributed by atoms with E-state index in [9.17, 15) is 0 Å². The Kier molecular flexibility index (Phi) is 3.15. The van der Waals surface area contributed by atoms with Crippen molar-refractivity contribution in [1.29, 1.82) is 0 Å². The van der Waals surface area contributed by atoms with E-state index in [1.54, 1.807) is 0 Å². The molecule has 0 unspecified atom stereocenters. The molecule has 0 aliphatic heterocycles. The average Bonchev–Trinajstić information content (AvgIpc) is 2.94. The maximum atomic E-state index is 5.83. The molecule has 94 valence electrons. The highest BCUT2D eigenvalue weighted by Crippen LogP contribution is 2.47. The van der Waals surface area contributed by atoms with Gasteiger partial charge in [0.2, 0.25) is 0 Å². The molecule has 1 aliphatic carbocycles. The Morgan fingerprint density at radius 3 is 2.89 bits per heavy atom.